The number of fused-ring (bicyclic) bond motifs is 4. The van der Waals surface area contributed by atoms with Crippen LogP contribution in [0.5, 0.6) is 5.75 Å². The maximum absolute atomic E-state index is 13.9. The summed E-state index contributed by atoms with van der Waals surface area (Å²) < 4.78 is 21.4. The van der Waals surface area contributed by atoms with Crippen LogP contribution in [0.2, 0.25) is 0 Å². The van der Waals surface area contributed by atoms with E-state index in [0.29, 0.717) is 52.7 Å². The summed E-state index contributed by atoms with van der Waals surface area (Å²) in [6.45, 7) is 0.886. The van der Waals surface area contributed by atoms with Crippen LogP contribution in [0.3, 0.4) is 0 Å². The quantitative estimate of drug-likeness (QED) is 0.280. The molecule has 1 unspecified atom stereocenters. The highest BCUT2D eigenvalue weighted by Gasteiger charge is 2.24. The van der Waals surface area contributed by atoms with Crippen LogP contribution in [0.1, 0.15) is 0 Å². The lowest BCUT2D eigenvalue weighted by Gasteiger charge is -2.30. The van der Waals surface area contributed by atoms with E-state index in [1.807, 2.05) is 42.3 Å². The first-order chi connectivity index (χ1) is 17.4. The summed E-state index contributed by atoms with van der Waals surface area (Å²) in [4.78, 5) is 24.6. The number of nitrogens with one attached hydrogen (secondary N) is 2. The van der Waals surface area contributed by atoms with Crippen molar-refractivity contribution in [3.63, 3.8) is 0 Å². The summed E-state index contributed by atoms with van der Waals surface area (Å²) in [5, 5.41) is 11.0. The van der Waals surface area contributed by atoms with E-state index >= 15 is 0 Å². The number of aromatic amines is 1. The van der Waals surface area contributed by atoms with Gasteiger partial charge in [-0.1, -0.05) is 18.2 Å². The molecule has 11 nitrogen and oxygen atoms in total. The van der Waals surface area contributed by atoms with Crippen molar-refractivity contribution >= 4 is 45.1 Å². The molecule has 0 bridgehead atoms. The minimum absolute atomic E-state index is 0.0579. The molecule has 0 saturated heterocycles. The Balaban J connectivity index is 1.39. The molecule has 2 aromatic carbocycles. The summed E-state index contributed by atoms with van der Waals surface area (Å²) in [6, 6.07) is 12.0. The summed E-state index contributed by atoms with van der Waals surface area (Å²) in [7, 11) is 1.82. The second kappa shape index (κ2) is 8.12. The average molecular weight is 487 g/mol. The lowest BCUT2D eigenvalue weighted by atomic mass is 10.2. The molecule has 0 spiro atoms. The highest BCUT2D eigenvalue weighted by atomic mass is 19.1. The number of hydrogen-bond donors (Lipinski definition) is 4. The number of benzene rings is 2. The summed E-state index contributed by atoms with van der Waals surface area (Å²) in [6.07, 6.45) is 1.33. The van der Waals surface area contributed by atoms with Crippen molar-refractivity contribution in [2.45, 2.75) is 6.10 Å². The number of halogens is 1. The number of pyridine rings is 1. The Bertz CT molecular complexity index is 1680. The molecule has 12 heteroatoms. The fourth-order valence-electron chi connectivity index (χ4n) is 4.43. The maximum Gasteiger partial charge on any atom is 0.270 e. The molecule has 0 amide bonds. The number of aromatic nitrogens is 5. The van der Waals surface area contributed by atoms with Gasteiger partial charge >= 0.3 is 0 Å². The molecular weight excluding hydrogens is 465 g/mol. The van der Waals surface area contributed by atoms with E-state index in [4.69, 9.17) is 21.2 Å². The minimum Gasteiger partial charge on any atom is -0.484 e. The van der Waals surface area contributed by atoms with Gasteiger partial charge < -0.3 is 26.4 Å². The van der Waals surface area contributed by atoms with Crippen LogP contribution in [0.15, 0.2) is 53.5 Å². The number of likely N-dealkylation sites (N-methyl/N-ethyl adjacent to an activating group) is 1. The number of para-hydroxylation sites is 1. The molecule has 3 aromatic heterocycles. The number of nitrogens with two attached hydrogens (primary N) is 2. The van der Waals surface area contributed by atoms with E-state index < -0.39 is 5.82 Å². The molecule has 182 valence electrons. The molecule has 0 fully saturated rings. The van der Waals surface area contributed by atoms with Crippen molar-refractivity contribution < 1.29 is 9.13 Å². The molecule has 0 radical (unpaired) electrons. The second-order valence-electron chi connectivity index (χ2n) is 8.61. The number of rotatable bonds is 4. The third kappa shape index (κ3) is 3.42. The number of ether oxygens (including phenoxy) is 1. The fourth-order valence-corrected chi connectivity index (χ4v) is 4.43. The Morgan fingerprint density at radius 3 is 2.86 bits per heavy atom. The molecule has 0 aliphatic carbocycles. The summed E-state index contributed by atoms with van der Waals surface area (Å²) in [5.41, 5.74) is 13.5. The molecule has 6 N–H and O–H groups in total. The van der Waals surface area contributed by atoms with Crippen molar-refractivity contribution in [1.29, 1.82) is 0 Å². The molecule has 1 atom stereocenters. The van der Waals surface area contributed by atoms with Crippen LogP contribution in [0.4, 0.5) is 27.5 Å². The molecule has 6 rings (SSSR count). The molecular formula is C24H22FN9O2. The first-order valence-electron chi connectivity index (χ1n) is 11.2. The van der Waals surface area contributed by atoms with Gasteiger partial charge in [-0.15, -0.1) is 0 Å². The smallest absolute Gasteiger partial charge is 0.270 e. The third-order valence-electron chi connectivity index (χ3n) is 6.19. The van der Waals surface area contributed by atoms with Crippen molar-refractivity contribution in [2.24, 2.45) is 0 Å². The molecule has 1 aliphatic rings. The standard InChI is InChI=1S/C24H22FN9O2/c1-33(11-13-9-28-17-8-16(26)15(25)7-18(17)36-13)24-29-10-14-20-19(21(27)32-31-20)23(35)34(22(14)30-24)12-5-3-2-4-6-12/h2-8,10,13,28H,9,11,26H2,1H3,(H3,27,31,32). The molecule has 4 heterocycles. The number of nitrogens with zero attached hydrogens (tertiary/aromatic N) is 5. The minimum atomic E-state index is -0.535. The summed E-state index contributed by atoms with van der Waals surface area (Å²) >= 11 is 0. The van der Waals surface area contributed by atoms with Gasteiger partial charge in [0.2, 0.25) is 5.95 Å². The summed E-state index contributed by atoms with van der Waals surface area (Å²) in [5.74, 6) is 0.356. The fraction of sp³-hybridized carbons (Fsp3) is 0.167. The topological polar surface area (TPSA) is 153 Å². The normalized spacial score (nSPS) is 14.9. The first kappa shape index (κ1) is 21.6. The van der Waals surface area contributed by atoms with Gasteiger partial charge in [0, 0.05) is 19.3 Å². The molecule has 0 saturated carbocycles. The zero-order valence-corrected chi connectivity index (χ0v) is 19.2. The van der Waals surface area contributed by atoms with Gasteiger partial charge in [-0.3, -0.25) is 14.5 Å². The van der Waals surface area contributed by atoms with Crippen LogP contribution in [0.25, 0.3) is 27.6 Å². The van der Waals surface area contributed by atoms with Crippen LogP contribution >= 0.6 is 0 Å². The SMILES string of the molecule is CN(CC1CNc2cc(N)c(F)cc2O1)c1ncc2c3[nH]nc(N)c3c(=O)n(-c3ccccc3)c2n1. The Labute approximate surface area is 203 Å². The lowest BCUT2D eigenvalue weighted by Crippen LogP contribution is -2.41. The van der Waals surface area contributed by atoms with Gasteiger partial charge in [-0.2, -0.15) is 10.1 Å². The van der Waals surface area contributed by atoms with Crippen molar-refractivity contribution in [1.82, 2.24) is 24.7 Å². The Kier molecular flexibility index (Phi) is 4.88. The van der Waals surface area contributed by atoms with Crippen LogP contribution in [-0.4, -0.2) is 51.0 Å². The maximum atomic E-state index is 13.9. The van der Waals surface area contributed by atoms with Crippen molar-refractivity contribution in [3.05, 3.63) is 64.8 Å². The Hall–Kier alpha value is -4.87. The van der Waals surface area contributed by atoms with E-state index in [0.717, 1.165) is 0 Å². The van der Waals surface area contributed by atoms with Gasteiger partial charge in [-0.05, 0) is 18.2 Å². The number of H-pyrrole nitrogens is 1. The van der Waals surface area contributed by atoms with E-state index in [2.05, 4.69) is 20.5 Å². The van der Waals surface area contributed by atoms with Gasteiger partial charge in [0.15, 0.2) is 11.5 Å². The van der Waals surface area contributed by atoms with Gasteiger partial charge in [0.1, 0.15) is 23.1 Å². The average Bonchev–Trinajstić information content (AvgIpc) is 3.27. The van der Waals surface area contributed by atoms with Crippen LogP contribution in [-0.2, 0) is 0 Å². The van der Waals surface area contributed by atoms with E-state index in [1.165, 1.54) is 16.7 Å². The first-order valence-corrected chi connectivity index (χ1v) is 11.2. The third-order valence-corrected chi connectivity index (χ3v) is 6.19. The molecule has 5 aromatic rings. The number of nitrogen functional groups attached to an aromatic ring is 2. The molecule has 36 heavy (non-hydrogen) atoms. The van der Waals surface area contributed by atoms with E-state index in [1.54, 1.807) is 6.20 Å². The largest absolute Gasteiger partial charge is 0.484 e. The lowest BCUT2D eigenvalue weighted by molar-refractivity contribution is 0.211. The number of anilines is 4. The highest BCUT2D eigenvalue weighted by Crippen LogP contribution is 2.33. The van der Waals surface area contributed by atoms with Gasteiger partial charge in [0.25, 0.3) is 5.56 Å². The predicted molar refractivity (Wildman–Crippen MR) is 136 cm³/mol. The van der Waals surface area contributed by atoms with E-state index in [9.17, 15) is 9.18 Å². The van der Waals surface area contributed by atoms with Gasteiger partial charge in [0.05, 0.1) is 41.1 Å². The molecule has 1 aliphatic heterocycles. The van der Waals surface area contributed by atoms with Crippen LogP contribution in [0, 0.1) is 5.82 Å². The monoisotopic (exact) mass is 487 g/mol. The Morgan fingerprint density at radius 1 is 1.25 bits per heavy atom. The highest BCUT2D eigenvalue weighted by molar-refractivity contribution is 6.05. The number of hydrogen-bond acceptors (Lipinski definition) is 9. The van der Waals surface area contributed by atoms with Crippen LogP contribution < -0.4 is 32.0 Å². The van der Waals surface area contributed by atoms with Gasteiger partial charge in [-0.25, -0.2) is 9.37 Å². The predicted octanol–water partition coefficient (Wildman–Crippen LogP) is 2.27. The second-order valence-corrected chi connectivity index (χ2v) is 8.61. The Morgan fingerprint density at radius 2 is 2.06 bits per heavy atom. The zero-order chi connectivity index (χ0) is 25.0. The zero-order valence-electron chi connectivity index (χ0n) is 19.2. The van der Waals surface area contributed by atoms with Crippen molar-refractivity contribution in [2.75, 3.05) is 41.8 Å². The van der Waals surface area contributed by atoms with Crippen molar-refractivity contribution in [3.8, 4) is 11.4 Å². The van der Waals surface area contributed by atoms with E-state index in [-0.39, 0.29) is 28.6 Å².